The van der Waals surface area contributed by atoms with Gasteiger partial charge < -0.3 is 10.8 Å². The molecule has 1 aromatic carbocycles. The van der Waals surface area contributed by atoms with E-state index in [1.165, 1.54) is 11.8 Å². The van der Waals surface area contributed by atoms with Crippen LogP contribution in [0.25, 0.3) is 0 Å². The molecule has 4 heteroatoms. The second-order valence-electron chi connectivity index (χ2n) is 3.58. The van der Waals surface area contributed by atoms with Crippen molar-refractivity contribution in [1.82, 2.24) is 0 Å². The molecular weight excluding hydrogens is 222 g/mol. The molecule has 16 heavy (non-hydrogen) atoms. The monoisotopic (exact) mass is 239 g/mol. The number of aliphatic carboxylic acids is 1. The Morgan fingerprint density at radius 2 is 2.06 bits per heavy atom. The molecule has 0 fully saturated rings. The Morgan fingerprint density at radius 3 is 2.50 bits per heavy atom. The lowest BCUT2D eigenvalue weighted by atomic mass is 10.2. The molecule has 0 saturated carbocycles. The van der Waals surface area contributed by atoms with Crippen LogP contribution in [0.4, 0.5) is 0 Å². The molecular formula is C12H17NO2S. The van der Waals surface area contributed by atoms with E-state index in [4.69, 9.17) is 10.8 Å². The maximum absolute atomic E-state index is 11.0. The SMILES string of the molecule is CCCC(Sc1ccc(CN)cc1)C(=O)O. The van der Waals surface area contributed by atoms with E-state index in [0.29, 0.717) is 13.0 Å². The summed E-state index contributed by atoms with van der Waals surface area (Å²) in [6.07, 6.45) is 1.57. The summed E-state index contributed by atoms with van der Waals surface area (Å²) in [6.45, 7) is 2.51. The van der Waals surface area contributed by atoms with Crippen molar-refractivity contribution in [3.05, 3.63) is 29.8 Å². The van der Waals surface area contributed by atoms with E-state index < -0.39 is 5.97 Å². The molecule has 0 saturated heterocycles. The predicted octanol–water partition coefficient (Wildman–Crippen LogP) is 2.49. The molecule has 0 amide bonds. The van der Waals surface area contributed by atoms with Crippen LogP contribution in [-0.2, 0) is 11.3 Å². The first kappa shape index (κ1) is 13.1. The number of benzene rings is 1. The van der Waals surface area contributed by atoms with Crippen molar-refractivity contribution in [1.29, 1.82) is 0 Å². The van der Waals surface area contributed by atoms with Crippen molar-refractivity contribution in [3.8, 4) is 0 Å². The van der Waals surface area contributed by atoms with Crippen LogP contribution in [-0.4, -0.2) is 16.3 Å². The third kappa shape index (κ3) is 3.87. The maximum atomic E-state index is 11.0. The molecule has 0 bridgehead atoms. The van der Waals surface area contributed by atoms with Crippen molar-refractivity contribution in [2.45, 2.75) is 36.5 Å². The highest BCUT2D eigenvalue weighted by molar-refractivity contribution is 8.00. The number of thioether (sulfide) groups is 1. The van der Waals surface area contributed by atoms with Gasteiger partial charge in [-0.1, -0.05) is 25.5 Å². The fraction of sp³-hybridized carbons (Fsp3) is 0.417. The molecule has 1 rings (SSSR count). The van der Waals surface area contributed by atoms with Crippen LogP contribution in [0, 0.1) is 0 Å². The minimum absolute atomic E-state index is 0.353. The molecule has 1 unspecified atom stereocenters. The number of nitrogens with two attached hydrogens (primary N) is 1. The predicted molar refractivity (Wildman–Crippen MR) is 66.5 cm³/mol. The number of hydrogen-bond donors (Lipinski definition) is 2. The van der Waals surface area contributed by atoms with Crippen LogP contribution in [0.15, 0.2) is 29.2 Å². The van der Waals surface area contributed by atoms with Crippen LogP contribution in [0.3, 0.4) is 0 Å². The molecule has 0 aliphatic carbocycles. The molecule has 3 N–H and O–H groups in total. The van der Waals surface area contributed by atoms with E-state index in [0.717, 1.165) is 16.9 Å². The zero-order valence-corrected chi connectivity index (χ0v) is 10.2. The summed E-state index contributed by atoms with van der Waals surface area (Å²) in [4.78, 5) is 12.0. The van der Waals surface area contributed by atoms with E-state index in [1.807, 2.05) is 31.2 Å². The molecule has 0 radical (unpaired) electrons. The third-order valence-corrected chi connectivity index (χ3v) is 3.53. The normalized spacial score (nSPS) is 12.4. The molecule has 0 heterocycles. The highest BCUT2D eigenvalue weighted by Crippen LogP contribution is 2.26. The summed E-state index contributed by atoms with van der Waals surface area (Å²) in [5.74, 6) is -0.741. The Morgan fingerprint density at radius 1 is 1.44 bits per heavy atom. The van der Waals surface area contributed by atoms with Gasteiger partial charge in [-0.15, -0.1) is 11.8 Å². The summed E-state index contributed by atoms with van der Waals surface area (Å²) >= 11 is 1.40. The minimum Gasteiger partial charge on any atom is -0.480 e. The van der Waals surface area contributed by atoms with Crippen molar-refractivity contribution < 1.29 is 9.90 Å². The average molecular weight is 239 g/mol. The van der Waals surface area contributed by atoms with Crippen molar-refractivity contribution >= 4 is 17.7 Å². The lowest BCUT2D eigenvalue weighted by molar-refractivity contribution is -0.136. The molecule has 88 valence electrons. The van der Waals surface area contributed by atoms with Gasteiger partial charge in [0.1, 0.15) is 5.25 Å². The first-order valence-electron chi connectivity index (χ1n) is 5.35. The van der Waals surface area contributed by atoms with Crippen LogP contribution < -0.4 is 5.73 Å². The van der Waals surface area contributed by atoms with E-state index in [9.17, 15) is 4.79 Å². The standard InChI is InChI=1S/C12H17NO2S/c1-2-3-11(12(14)15)16-10-6-4-9(8-13)5-7-10/h4-7,11H,2-3,8,13H2,1H3,(H,14,15). The van der Waals surface area contributed by atoms with Gasteiger partial charge in [-0.2, -0.15) is 0 Å². The summed E-state index contributed by atoms with van der Waals surface area (Å²) in [5.41, 5.74) is 6.56. The van der Waals surface area contributed by atoms with Gasteiger partial charge in [0.2, 0.25) is 0 Å². The lowest BCUT2D eigenvalue weighted by Gasteiger charge is -2.10. The minimum atomic E-state index is -0.741. The Labute approximate surface area is 100 Å². The fourth-order valence-electron chi connectivity index (χ4n) is 1.36. The molecule has 0 spiro atoms. The van der Waals surface area contributed by atoms with Gasteiger partial charge in [0.15, 0.2) is 0 Å². The van der Waals surface area contributed by atoms with Crippen LogP contribution in [0.5, 0.6) is 0 Å². The van der Waals surface area contributed by atoms with E-state index in [-0.39, 0.29) is 5.25 Å². The van der Waals surface area contributed by atoms with E-state index in [1.54, 1.807) is 0 Å². The van der Waals surface area contributed by atoms with Crippen molar-refractivity contribution in [3.63, 3.8) is 0 Å². The van der Waals surface area contributed by atoms with Gasteiger partial charge in [0.05, 0.1) is 0 Å². The second kappa shape index (κ2) is 6.55. The molecule has 3 nitrogen and oxygen atoms in total. The summed E-state index contributed by atoms with van der Waals surface area (Å²) in [5, 5.41) is 8.67. The second-order valence-corrected chi connectivity index (χ2v) is 4.86. The lowest BCUT2D eigenvalue weighted by Crippen LogP contribution is -2.15. The number of hydrogen-bond acceptors (Lipinski definition) is 3. The van der Waals surface area contributed by atoms with E-state index in [2.05, 4.69) is 0 Å². The van der Waals surface area contributed by atoms with Gasteiger partial charge in [-0.05, 0) is 24.1 Å². The largest absolute Gasteiger partial charge is 0.480 e. The number of carboxylic acids is 1. The zero-order chi connectivity index (χ0) is 12.0. The Kier molecular flexibility index (Phi) is 5.35. The average Bonchev–Trinajstić information content (AvgIpc) is 2.29. The van der Waals surface area contributed by atoms with Crippen LogP contribution in [0.2, 0.25) is 0 Å². The van der Waals surface area contributed by atoms with Crippen molar-refractivity contribution in [2.24, 2.45) is 5.73 Å². The Balaban J connectivity index is 2.65. The summed E-state index contributed by atoms with van der Waals surface area (Å²) in [7, 11) is 0. The first-order chi connectivity index (χ1) is 7.67. The van der Waals surface area contributed by atoms with Gasteiger partial charge in [-0.3, -0.25) is 4.79 Å². The highest BCUT2D eigenvalue weighted by atomic mass is 32.2. The Bertz CT molecular complexity index is 337. The topological polar surface area (TPSA) is 63.3 Å². The smallest absolute Gasteiger partial charge is 0.316 e. The number of carbonyl (C=O) groups is 1. The third-order valence-electron chi connectivity index (χ3n) is 2.26. The zero-order valence-electron chi connectivity index (χ0n) is 9.35. The van der Waals surface area contributed by atoms with Crippen LogP contribution >= 0.6 is 11.8 Å². The molecule has 1 atom stereocenters. The van der Waals surface area contributed by atoms with Crippen molar-refractivity contribution in [2.75, 3.05) is 0 Å². The van der Waals surface area contributed by atoms with Gasteiger partial charge in [-0.25, -0.2) is 0 Å². The van der Waals surface area contributed by atoms with Crippen LogP contribution in [0.1, 0.15) is 25.3 Å². The Hall–Kier alpha value is -1.00. The van der Waals surface area contributed by atoms with Gasteiger partial charge in [0.25, 0.3) is 0 Å². The molecule has 0 aliphatic rings. The summed E-state index contributed by atoms with van der Waals surface area (Å²) < 4.78 is 0. The molecule has 1 aromatic rings. The maximum Gasteiger partial charge on any atom is 0.316 e. The summed E-state index contributed by atoms with van der Waals surface area (Å²) in [6, 6.07) is 7.73. The number of rotatable bonds is 6. The quantitative estimate of drug-likeness (QED) is 0.749. The first-order valence-corrected chi connectivity index (χ1v) is 6.23. The highest BCUT2D eigenvalue weighted by Gasteiger charge is 2.17. The van der Waals surface area contributed by atoms with E-state index >= 15 is 0 Å². The molecule has 0 aromatic heterocycles. The van der Waals surface area contributed by atoms with Gasteiger partial charge in [0, 0.05) is 11.4 Å². The number of carboxylic acid groups (broad SMARTS) is 1. The fourth-order valence-corrected chi connectivity index (χ4v) is 2.44. The van der Waals surface area contributed by atoms with Gasteiger partial charge >= 0.3 is 5.97 Å². The molecule has 0 aliphatic heterocycles.